The van der Waals surface area contributed by atoms with Crippen molar-refractivity contribution in [1.29, 1.82) is 0 Å². The first kappa shape index (κ1) is 15.3. The number of hydrogen-bond donors (Lipinski definition) is 2. The molecule has 4 aliphatic heterocycles. The molecule has 7 rings (SSSR count). The summed E-state index contributed by atoms with van der Waals surface area (Å²) in [5, 5.41) is 4.91. The van der Waals surface area contributed by atoms with Crippen LogP contribution in [0.15, 0.2) is 24.3 Å². The number of nitrogens with one attached hydrogen (secondary N) is 2. The molecule has 4 nitrogen and oxygen atoms in total. The molecule has 1 amide bonds. The predicted octanol–water partition coefficient (Wildman–Crippen LogP) is 2.97. The Hall–Kier alpha value is -1.81. The van der Waals surface area contributed by atoms with E-state index in [1.807, 2.05) is 0 Å². The number of benzene rings is 1. The Morgan fingerprint density at radius 1 is 1.23 bits per heavy atom. The molecule has 1 aromatic heterocycles. The van der Waals surface area contributed by atoms with Crippen molar-refractivity contribution in [3.8, 4) is 0 Å². The first-order valence-electron chi connectivity index (χ1n) is 10.1. The lowest BCUT2D eigenvalue weighted by molar-refractivity contribution is -0.164. The molecule has 2 bridgehead atoms. The fourth-order valence-corrected chi connectivity index (χ4v) is 7.12. The van der Waals surface area contributed by atoms with Crippen molar-refractivity contribution < 1.29 is 4.79 Å². The topological polar surface area (TPSA) is 48.1 Å². The van der Waals surface area contributed by atoms with Crippen LogP contribution in [0.2, 0.25) is 0 Å². The van der Waals surface area contributed by atoms with E-state index in [-0.39, 0.29) is 16.5 Å². The van der Waals surface area contributed by atoms with Crippen molar-refractivity contribution in [3.05, 3.63) is 35.5 Å². The van der Waals surface area contributed by atoms with Gasteiger partial charge in [-0.2, -0.15) is 0 Å². The highest BCUT2D eigenvalue weighted by Gasteiger charge is 2.70. The number of carbonyl (C=O) groups excluding carboxylic acids is 1. The molecule has 136 valence electrons. The molecule has 5 aliphatic rings. The van der Waals surface area contributed by atoms with Crippen LogP contribution in [0.5, 0.6) is 0 Å². The maximum absolute atomic E-state index is 13.3. The molecular formula is C22H27N3O. The van der Waals surface area contributed by atoms with Crippen molar-refractivity contribution in [2.75, 3.05) is 13.1 Å². The molecule has 4 atom stereocenters. The molecule has 1 aliphatic carbocycles. The molecule has 2 aromatic rings. The summed E-state index contributed by atoms with van der Waals surface area (Å²) in [5.74, 6) is 1.22. The van der Waals surface area contributed by atoms with Gasteiger partial charge in [-0.1, -0.05) is 39.0 Å². The maximum atomic E-state index is 13.3. The van der Waals surface area contributed by atoms with E-state index in [2.05, 4.69) is 60.2 Å². The predicted molar refractivity (Wildman–Crippen MR) is 102 cm³/mol. The summed E-state index contributed by atoms with van der Waals surface area (Å²) in [7, 11) is 0. The van der Waals surface area contributed by atoms with Crippen LogP contribution in [-0.2, 0) is 16.6 Å². The standard InChI is InChI=1S/C22H27N3O/c1-13-8-9-25-12-21-10-15-14-6-4-5-7-16(14)23-18(15)20(2,3)17(21)11-22(13,25)19(26)24-21/h4-7,13,17,23H,8-12H2,1-3H3,(H,24,26)/t13-,17+,21+,22+/m0/s1. The highest BCUT2D eigenvalue weighted by atomic mass is 16.2. The minimum Gasteiger partial charge on any atom is -0.358 e. The van der Waals surface area contributed by atoms with Crippen LogP contribution in [0.3, 0.4) is 0 Å². The molecule has 0 unspecified atom stereocenters. The number of carbonyl (C=O) groups is 1. The second kappa shape index (κ2) is 4.36. The Morgan fingerprint density at radius 2 is 2.04 bits per heavy atom. The van der Waals surface area contributed by atoms with Crippen LogP contribution < -0.4 is 5.32 Å². The number of H-pyrrole nitrogens is 1. The number of hydrogen-bond acceptors (Lipinski definition) is 2. The van der Waals surface area contributed by atoms with Crippen LogP contribution in [-0.4, -0.2) is 40.0 Å². The van der Waals surface area contributed by atoms with E-state index in [4.69, 9.17) is 0 Å². The van der Waals surface area contributed by atoms with E-state index in [1.165, 1.54) is 22.2 Å². The molecule has 2 N–H and O–H groups in total. The molecule has 4 fully saturated rings. The van der Waals surface area contributed by atoms with Gasteiger partial charge in [0.2, 0.25) is 5.91 Å². The summed E-state index contributed by atoms with van der Waals surface area (Å²) in [6, 6.07) is 8.64. The number of amides is 1. The first-order chi connectivity index (χ1) is 12.4. The third-order valence-corrected chi connectivity index (χ3v) is 8.44. The molecule has 0 saturated carbocycles. The van der Waals surface area contributed by atoms with Gasteiger partial charge in [0.15, 0.2) is 0 Å². The van der Waals surface area contributed by atoms with Gasteiger partial charge in [0.05, 0.1) is 5.54 Å². The highest BCUT2D eigenvalue weighted by Crippen LogP contribution is 2.59. The summed E-state index contributed by atoms with van der Waals surface area (Å²) in [6.07, 6.45) is 3.10. The maximum Gasteiger partial charge on any atom is 0.241 e. The number of aromatic nitrogens is 1. The number of fused-ring (bicyclic) bond motifs is 4. The number of piperazine rings is 1. The minimum absolute atomic E-state index is 0.0295. The Kier molecular flexibility index (Phi) is 2.56. The van der Waals surface area contributed by atoms with Crippen LogP contribution in [0.1, 0.15) is 44.9 Å². The van der Waals surface area contributed by atoms with Gasteiger partial charge in [0.25, 0.3) is 0 Å². The molecule has 4 heteroatoms. The largest absolute Gasteiger partial charge is 0.358 e. The molecule has 5 heterocycles. The van der Waals surface area contributed by atoms with E-state index in [1.54, 1.807) is 0 Å². The van der Waals surface area contributed by atoms with Crippen LogP contribution in [0, 0.1) is 11.8 Å². The average molecular weight is 349 g/mol. The number of rotatable bonds is 0. The van der Waals surface area contributed by atoms with Crippen molar-refractivity contribution >= 4 is 16.8 Å². The summed E-state index contributed by atoms with van der Waals surface area (Å²) in [5.41, 5.74) is 3.68. The first-order valence-corrected chi connectivity index (χ1v) is 10.1. The van der Waals surface area contributed by atoms with Gasteiger partial charge in [0, 0.05) is 28.6 Å². The zero-order valence-corrected chi connectivity index (χ0v) is 15.9. The molecule has 1 aromatic carbocycles. The zero-order valence-electron chi connectivity index (χ0n) is 15.9. The van der Waals surface area contributed by atoms with Gasteiger partial charge < -0.3 is 10.3 Å². The zero-order chi connectivity index (χ0) is 17.9. The molecule has 0 radical (unpaired) electrons. The summed E-state index contributed by atoms with van der Waals surface area (Å²) in [4.78, 5) is 19.6. The van der Waals surface area contributed by atoms with Crippen molar-refractivity contribution in [2.24, 2.45) is 11.8 Å². The number of aromatic amines is 1. The van der Waals surface area contributed by atoms with Gasteiger partial charge in [-0.05, 0) is 49.3 Å². The monoisotopic (exact) mass is 349 g/mol. The third kappa shape index (κ3) is 1.47. The quantitative estimate of drug-likeness (QED) is 0.768. The summed E-state index contributed by atoms with van der Waals surface area (Å²) in [6.45, 7) is 9.14. The van der Waals surface area contributed by atoms with Gasteiger partial charge in [0.1, 0.15) is 5.54 Å². The Morgan fingerprint density at radius 3 is 2.88 bits per heavy atom. The molecular weight excluding hydrogens is 322 g/mol. The third-order valence-electron chi connectivity index (χ3n) is 8.44. The number of piperidine rings is 2. The van der Waals surface area contributed by atoms with Gasteiger partial charge >= 0.3 is 0 Å². The highest BCUT2D eigenvalue weighted by molar-refractivity contribution is 5.91. The van der Waals surface area contributed by atoms with E-state index < -0.39 is 0 Å². The van der Waals surface area contributed by atoms with Gasteiger partial charge in [-0.15, -0.1) is 0 Å². The SMILES string of the molecule is C[C@H]1CCN2C[C@]34Cc5c([nH]c6ccccc56)C(C)(C)[C@H]3C[C@]12C(=O)N4. The number of nitrogens with zero attached hydrogens (tertiary/aromatic N) is 1. The molecule has 26 heavy (non-hydrogen) atoms. The minimum atomic E-state index is -0.271. The number of para-hydroxylation sites is 1. The average Bonchev–Trinajstić information content (AvgIpc) is 3.14. The van der Waals surface area contributed by atoms with E-state index >= 15 is 0 Å². The molecule has 4 saturated heterocycles. The van der Waals surface area contributed by atoms with Crippen molar-refractivity contribution in [3.63, 3.8) is 0 Å². The smallest absolute Gasteiger partial charge is 0.241 e. The van der Waals surface area contributed by atoms with Crippen molar-refractivity contribution in [2.45, 2.75) is 56.5 Å². The lowest BCUT2D eigenvalue weighted by Gasteiger charge is -2.66. The van der Waals surface area contributed by atoms with Crippen molar-refractivity contribution in [1.82, 2.24) is 15.2 Å². The second-order valence-corrected chi connectivity index (χ2v) is 9.83. The van der Waals surface area contributed by atoms with Crippen LogP contribution >= 0.6 is 0 Å². The van der Waals surface area contributed by atoms with Gasteiger partial charge in [-0.3, -0.25) is 9.69 Å². The Labute approximate surface area is 154 Å². The van der Waals surface area contributed by atoms with E-state index in [9.17, 15) is 4.79 Å². The van der Waals surface area contributed by atoms with E-state index in [0.29, 0.717) is 17.7 Å². The Bertz CT molecular complexity index is 959. The van der Waals surface area contributed by atoms with Gasteiger partial charge in [-0.25, -0.2) is 0 Å². The second-order valence-electron chi connectivity index (χ2n) is 9.83. The summed E-state index contributed by atoms with van der Waals surface area (Å²) < 4.78 is 0. The lowest BCUT2D eigenvalue weighted by atomic mass is 9.51. The van der Waals surface area contributed by atoms with Crippen LogP contribution in [0.4, 0.5) is 0 Å². The lowest BCUT2D eigenvalue weighted by Crippen LogP contribution is -2.83. The fraction of sp³-hybridized carbons (Fsp3) is 0.591. The normalized spacial score (nSPS) is 40.2. The molecule has 2 spiro atoms. The summed E-state index contributed by atoms with van der Waals surface area (Å²) >= 11 is 0. The van der Waals surface area contributed by atoms with Crippen LogP contribution in [0.25, 0.3) is 10.9 Å². The Balaban J connectivity index is 1.59. The fourth-order valence-electron chi connectivity index (χ4n) is 7.12. The van der Waals surface area contributed by atoms with E-state index in [0.717, 1.165) is 32.4 Å².